The van der Waals surface area contributed by atoms with Crippen molar-refractivity contribution in [3.63, 3.8) is 0 Å². The molecule has 1 aliphatic heterocycles. The molecular formula is C33H53NOPdSi2. The third-order valence-electron chi connectivity index (χ3n) is 7.65. The maximum atomic E-state index is 5.97. The molecule has 0 amide bonds. The Kier molecular flexibility index (Phi) is 12.3. The number of nitrogens with zero attached hydrogens (tertiary/aromatic N) is 1. The minimum atomic E-state index is -1.58. The van der Waals surface area contributed by atoms with Crippen molar-refractivity contribution < 1.29 is 24.5 Å². The van der Waals surface area contributed by atoms with E-state index in [1.165, 1.54) is 28.8 Å². The van der Waals surface area contributed by atoms with Crippen LogP contribution < -0.4 is 4.90 Å². The molecule has 1 fully saturated rings. The van der Waals surface area contributed by atoms with Crippen LogP contribution in [0.5, 0.6) is 0 Å². The van der Waals surface area contributed by atoms with E-state index in [1.807, 2.05) is 11.4 Å². The second kappa shape index (κ2) is 13.4. The fraction of sp³-hybridized carbons (Fsp3) is 0.515. The summed E-state index contributed by atoms with van der Waals surface area (Å²) in [5, 5.41) is 0. The summed E-state index contributed by atoms with van der Waals surface area (Å²) >= 11 is 0. The van der Waals surface area contributed by atoms with Gasteiger partial charge in [-0.05, 0) is 75.0 Å². The van der Waals surface area contributed by atoms with Gasteiger partial charge < -0.3 is 9.02 Å². The number of anilines is 1. The topological polar surface area (TPSA) is 12.5 Å². The monoisotopic (exact) mass is 641 g/mol. The van der Waals surface area contributed by atoms with Crippen molar-refractivity contribution in [2.45, 2.75) is 104 Å². The van der Waals surface area contributed by atoms with Crippen LogP contribution in [0.4, 0.5) is 5.69 Å². The third-order valence-corrected chi connectivity index (χ3v) is 13.8. The van der Waals surface area contributed by atoms with Crippen LogP contribution >= 0.6 is 0 Å². The van der Waals surface area contributed by atoms with E-state index >= 15 is 0 Å². The molecule has 2 aromatic carbocycles. The second-order valence-electron chi connectivity index (χ2n) is 13.3. The van der Waals surface area contributed by atoms with Gasteiger partial charge in [0.05, 0.1) is 0 Å². The van der Waals surface area contributed by atoms with E-state index in [0.29, 0.717) is 11.8 Å². The molecule has 38 heavy (non-hydrogen) atoms. The molecule has 0 bridgehead atoms. The summed E-state index contributed by atoms with van der Waals surface area (Å²) in [4.78, 5) is 2.71. The molecule has 0 spiro atoms. The number of benzene rings is 2. The minimum Gasteiger partial charge on any atom is -0.449 e. The van der Waals surface area contributed by atoms with Gasteiger partial charge in [-0.25, -0.2) is 0 Å². The SMILES string of the molecule is C=C[Si](C)(C)O[Si](C)(C)C=C.CC(C)c1cccc(C(C)C)c1N1CC(C)(c2ccccc2)CC1(C)C.[Pd]. The first-order chi connectivity index (χ1) is 17.0. The first-order valence-corrected chi connectivity index (χ1v) is 19.9. The van der Waals surface area contributed by atoms with E-state index < -0.39 is 16.6 Å². The molecule has 0 aliphatic carbocycles. The molecule has 1 saturated heterocycles. The Balaban J connectivity index is 0.000000514. The van der Waals surface area contributed by atoms with Gasteiger partial charge >= 0.3 is 0 Å². The van der Waals surface area contributed by atoms with Gasteiger partial charge in [0.1, 0.15) is 0 Å². The van der Waals surface area contributed by atoms with E-state index in [4.69, 9.17) is 4.12 Å². The number of rotatable bonds is 8. The molecular weight excluding hydrogens is 589 g/mol. The van der Waals surface area contributed by atoms with E-state index in [0.717, 1.165) is 6.54 Å². The maximum absolute atomic E-state index is 5.97. The molecule has 5 heteroatoms. The van der Waals surface area contributed by atoms with Crippen LogP contribution in [0.1, 0.15) is 83.4 Å². The minimum absolute atomic E-state index is 0. The van der Waals surface area contributed by atoms with E-state index in [2.05, 4.69) is 141 Å². The Morgan fingerprint density at radius 1 is 0.789 bits per heavy atom. The predicted octanol–water partition coefficient (Wildman–Crippen LogP) is 9.74. The Morgan fingerprint density at radius 3 is 1.63 bits per heavy atom. The molecule has 0 radical (unpaired) electrons. The zero-order chi connectivity index (χ0) is 28.2. The largest absolute Gasteiger partial charge is 0.449 e. The summed E-state index contributed by atoms with van der Waals surface area (Å²) in [6, 6.07) is 18.0. The van der Waals surface area contributed by atoms with Gasteiger partial charge in [-0.1, -0.05) is 94.5 Å². The van der Waals surface area contributed by atoms with Gasteiger partial charge in [0, 0.05) is 43.6 Å². The van der Waals surface area contributed by atoms with Crippen molar-refractivity contribution in [3.05, 3.63) is 89.8 Å². The van der Waals surface area contributed by atoms with Crippen LogP contribution in [0.2, 0.25) is 26.2 Å². The van der Waals surface area contributed by atoms with Crippen LogP contribution in [0.3, 0.4) is 0 Å². The van der Waals surface area contributed by atoms with Crippen molar-refractivity contribution >= 4 is 22.3 Å². The molecule has 1 heterocycles. The quantitative estimate of drug-likeness (QED) is 0.266. The van der Waals surface area contributed by atoms with Crippen LogP contribution in [0.25, 0.3) is 0 Å². The van der Waals surface area contributed by atoms with Crippen LogP contribution in [0.15, 0.2) is 73.1 Å². The number of para-hydroxylation sites is 1. The van der Waals surface area contributed by atoms with Crippen molar-refractivity contribution in [1.29, 1.82) is 0 Å². The Morgan fingerprint density at radius 2 is 1.24 bits per heavy atom. The Hall–Kier alpha value is -1.22. The maximum Gasteiger partial charge on any atom is 0.198 e. The van der Waals surface area contributed by atoms with Gasteiger partial charge in [0.15, 0.2) is 16.6 Å². The average molecular weight is 642 g/mol. The Bertz CT molecular complexity index is 1020. The number of hydrogen-bond acceptors (Lipinski definition) is 2. The second-order valence-corrected chi connectivity index (χ2v) is 21.4. The van der Waals surface area contributed by atoms with E-state index in [9.17, 15) is 0 Å². The fourth-order valence-corrected chi connectivity index (χ4v) is 11.8. The molecule has 2 aromatic rings. The van der Waals surface area contributed by atoms with Gasteiger partial charge in [-0.3, -0.25) is 0 Å². The summed E-state index contributed by atoms with van der Waals surface area (Å²) in [5.74, 6) is 1.06. The smallest absolute Gasteiger partial charge is 0.198 e. The summed E-state index contributed by atoms with van der Waals surface area (Å²) in [6.07, 6.45) is 1.17. The van der Waals surface area contributed by atoms with Crippen molar-refractivity contribution in [1.82, 2.24) is 0 Å². The molecule has 1 atom stereocenters. The number of hydrogen-bond donors (Lipinski definition) is 0. The predicted molar refractivity (Wildman–Crippen MR) is 171 cm³/mol. The summed E-state index contributed by atoms with van der Waals surface area (Å²) < 4.78 is 5.97. The summed E-state index contributed by atoms with van der Waals surface area (Å²) in [6.45, 7) is 33.8. The zero-order valence-corrected chi connectivity index (χ0v) is 29.5. The van der Waals surface area contributed by atoms with Gasteiger partial charge in [0.25, 0.3) is 0 Å². The first kappa shape index (κ1) is 34.8. The molecule has 2 nitrogen and oxygen atoms in total. The summed E-state index contributed by atoms with van der Waals surface area (Å²) in [7, 11) is -3.16. The molecule has 0 aromatic heterocycles. The first-order valence-electron chi connectivity index (χ1n) is 13.9. The van der Waals surface area contributed by atoms with Crippen LogP contribution in [-0.4, -0.2) is 28.7 Å². The average Bonchev–Trinajstić information content (AvgIpc) is 3.08. The van der Waals surface area contributed by atoms with Crippen molar-refractivity contribution in [2.75, 3.05) is 11.4 Å². The molecule has 3 rings (SSSR count). The van der Waals surface area contributed by atoms with Crippen molar-refractivity contribution in [3.8, 4) is 0 Å². The molecule has 0 saturated carbocycles. The molecule has 1 aliphatic rings. The summed E-state index contributed by atoms with van der Waals surface area (Å²) in [5.41, 5.74) is 10.2. The Labute approximate surface area is 250 Å². The van der Waals surface area contributed by atoms with Crippen LogP contribution in [0, 0.1) is 0 Å². The van der Waals surface area contributed by atoms with Crippen molar-refractivity contribution in [2.24, 2.45) is 0 Å². The molecule has 214 valence electrons. The van der Waals surface area contributed by atoms with Gasteiger partial charge in [0.2, 0.25) is 0 Å². The van der Waals surface area contributed by atoms with Gasteiger partial charge in [-0.2, -0.15) is 0 Å². The van der Waals surface area contributed by atoms with Crippen LogP contribution in [-0.2, 0) is 30.0 Å². The normalized spacial score (nSPS) is 19.0. The standard InChI is InChI=1S/C25H35N.C8H18OSi2.Pd/c1-18(2)21-14-11-15-22(19(3)4)23(21)26-17-25(7,16-24(26,5)6)20-12-9-8-10-13-20;1-7-10(3,4)9-11(5,6)8-2;/h8-15,18-19H,16-17H2,1-7H3;7-8H,1-2H2,3-6H3;. The zero-order valence-electron chi connectivity index (χ0n) is 25.9. The molecule has 1 unspecified atom stereocenters. The van der Waals surface area contributed by atoms with E-state index in [1.54, 1.807) is 0 Å². The van der Waals surface area contributed by atoms with E-state index in [-0.39, 0.29) is 31.4 Å². The molecule has 0 N–H and O–H groups in total. The fourth-order valence-electron chi connectivity index (χ4n) is 5.67. The van der Waals surface area contributed by atoms with Gasteiger partial charge in [-0.15, -0.1) is 13.2 Å². The third kappa shape index (κ3) is 8.64.